The predicted molar refractivity (Wildman–Crippen MR) is 118 cm³/mol. The molecular weight excluding hydrogens is 498 g/mol. The first kappa shape index (κ1) is 27.4. The number of benzene rings is 2. The summed E-state index contributed by atoms with van der Waals surface area (Å²) < 4.78 is 111. The van der Waals surface area contributed by atoms with Gasteiger partial charge in [0.05, 0.1) is 35.6 Å². The van der Waals surface area contributed by atoms with E-state index in [0.717, 1.165) is 11.8 Å². The highest BCUT2D eigenvalue weighted by atomic mass is 32.2. The zero-order valence-corrected chi connectivity index (χ0v) is 19.8. The third kappa shape index (κ3) is 7.18. The first-order valence-electron chi connectivity index (χ1n) is 10.8. The Hall–Kier alpha value is -2.15. The molecule has 0 bridgehead atoms. The maximum atomic E-state index is 13.2. The van der Waals surface area contributed by atoms with Gasteiger partial charge >= 0.3 is 12.4 Å². The van der Waals surface area contributed by atoms with Gasteiger partial charge in [0.1, 0.15) is 0 Å². The van der Waals surface area contributed by atoms with E-state index < -0.39 is 45.1 Å². The maximum Gasteiger partial charge on any atom is 0.416 e. The number of rotatable bonds is 7. The van der Waals surface area contributed by atoms with Gasteiger partial charge in [-0.25, -0.2) is 13.1 Å². The van der Waals surface area contributed by atoms with Crippen LogP contribution in [-0.4, -0.2) is 33.9 Å². The van der Waals surface area contributed by atoms with Gasteiger partial charge in [0.25, 0.3) is 0 Å². The molecule has 1 aliphatic heterocycles. The Morgan fingerprint density at radius 2 is 1.63 bits per heavy atom. The van der Waals surface area contributed by atoms with Crippen molar-refractivity contribution in [2.24, 2.45) is 0 Å². The third-order valence-corrected chi connectivity index (χ3v) is 6.73. The molecule has 194 valence electrons. The van der Waals surface area contributed by atoms with Gasteiger partial charge in [-0.2, -0.15) is 26.3 Å². The summed E-state index contributed by atoms with van der Waals surface area (Å²) in [6, 6.07) is 10.1. The molecule has 35 heavy (non-hydrogen) atoms. The van der Waals surface area contributed by atoms with Crippen LogP contribution in [0.5, 0.6) is 0 Å². The van der Waals surface area contributed by atoms with Crippen molar-refractivity contribution in [2.75, 3.05) is 19.4 Å². The number of ether oxygens (including phenoxy) is 1. The summed E-state index contributed by atoms with van der Waals surface area (Å²) >= 11 is 0. The quantitative estimate of drug-likeness (QED) is 0.501. The molecule has 0 amide bonds. The van der Waals surface area contributed by atoms with E-state index in [4.69, 9.17) is 4.74 Å². The maximum absolute atomic E-state index is 13.2. The summed E-state index contributed by atoms with van der Waals surface area (Å²) in [6.07, 6.45) is -9.04. The van der Waals surface area contributed by atoms with E-state index in [0.29, 0.717) is 25.0 Å². The molecule has 3 atom stereocenters. The Bertz CT molecular complexity index is 1080. The number of hydrogen-bond acceptors (Lipinski definition) is 4. The standard InChI is InChI=1S/C23H26F6N2O3S/c1-15(16-10-18(22(24,25)26)12-19(11-16)23(27,28)29)34-14-21(17-6-4-3-5-7-17)9-8-20(13-30-21)31-35(2,32)33/h3-7,10-12,15,20,30-31H,8-9,13-14H2,1-2H3/t15-,20+,21-/m1/s1. The van der Waals surface area contributed by atoms with E-state index in [-0.39, 0.29) is 30.8 Å². The fourth-order valence-electron chi connectivity index (χ4n) is 4.12. The van der Waals surface area contributed by atoms with Crippen molar-refractivity contribution in [3.05, 3.63) is 70.8 Å². The van der Waals surface area contributed by atoms with Crippen LogP contribution in [0.3, 0.4) is 0 Å². The van der Waals surface area contributed by atoms with Gasteiger partial charge in [0, 0.05) is 12.6 Å². The zero-order valence-electron chi connectivity index (χ0n) is 19.0. The Morgan fingerprint density at radius 1 is 1.06 bits per heavy atom. The van der Waals surface area contributed by atoms with Crippen LogP contribution in [0, 0.1) is 0 Å². The van der Waals surface area contributed by atoms with E-state index in [1.807, 2.05) is 12.1 Å². The Labute approximate surface area is 199 Å². The van der Waals surface area contributed by atoms with Crippen LogP contribution in [0.4, 0.5) is 26.3 Å². The van der Waals surface area contributed by atoms with Crippen molar-refractivity contribution in [2.45, 2.75) is 49.8 Å². The zero-order chi connectivity index (χ0) is 26.1. The van der Waals surface area contributed by atoms with Crippen LogP contribution < -0.4 is 10.0 Å². The first-order valence-corrected chi connectivity index (χ1v) is 12.7. The summed E-state index contributed by atoms with van der Waals surface area (Å²) in [5.41, 5.74) is -3.05. The normalized spacial score (nSPS) is 22.7. The van der Waals surface area contributed by atoms with Crippen LogP contribution >= 0.6 is 0 Å². The molecule has 1 aliphatic rings. The van der Waals surface area contributed by atoms with Gasteiger partial charge in [-0.3, -0.25) is 0 Å². The van der Waals surface area contributed by atoms with Crippen LogP contribution in [0.25, 0.3) is 0 Å². The highest BCUT2D eigenvalue weighted by Crippen LogP contribution is 2.39. The average molecular weight is 525 g/mol. The highest BCUT2D eigenvalue weighted by Gasteiger charge is 2.39. The molecule has 5 nitrogen and oxygen atoms in total. The van der Waals surface area contributed by atoms with Crippen LogP contribution in [0.15, 0.2) is 48.5 Å². The monoisotopic (exact) mass is 524 g/mol. The molecule has 1 saturated heterocycles. The fourth-order valence-corrected chi connectivity index (χ4v) is 4.93. The van der Waals surface area contributed by atoms with Crippen molar-refractivity contribution < 1.29 is 39.5 Å². The van der Waals surface area contributed by atoms with Gasteiger partial charge in [0.15, 0.2) is 0 Å². The van der Waals surface area contributed by atoms with Crippen molar-refractivity contribution in [3.8, 4) is 0 Å². The molecule has 1 fully saturated rings. The van der Waals surface area contributed by atoms with Crippen LogP contribution in [0.2, 0.25) is 0 Å². The van der Waals surface area contributed by atoms with E-state index in [1.165, 1.54) is 6.92 Å². The lowest BCUT2D eigenvalue weighted by Crippen LogP contribution is -2.57. The highest BCUT2D eigenvalue weighted by molar-refractivity contribution is 7.88. The number of nitrogens with one attached hydrogen (secondary N) is 2. The van der Waals surface area contributed by atoms with Gasteiger partial charge in [0.2, 0.25) is 10.0 Å². The molecule has 0 aliphatic carbocycles. The van der Waals surface area contributed by atoms with Crippen molar-refractivity contribution >= 4 is 10.0 Å². The van der Waals surface area contributed by atoms with E-state index in [1.54, 1.807) is 18.2 Å². The molecule has 2 aromatic rings. The molecule has 0 spiro atoms. The van der Waals surface area contributed by atoms with Gasteiger partial charge in [-0.15, -0.1) is 0 Å². The second-order valence-electron chi connectivity index (χ2n) is 8.75. The first-order chi connectivity index (χ1) is 16.1. The van der Waals surface area contributed by atoms with E-state index in [2.05, 4.69) is 10.0 Å². The number of alkyl halides is 6. The molecular formula is C23H26F6N2O3S. The van der Waals surface area contributed by atoms with Crippen molar-refractivity contribution in [1.29, 1.82) is 0 Å². The summed E-state index contributed by atoms with van der Waals surface area (Å²) in [7, 11) is -3.42. The Morgan fingerprint density at radius 3 is 2.09 bits per heavy atom. The SMILES string of the molecule is C[C@@H](OC[C@@]1(c2ccccc2)CC[C@H](NS(C)(=O)=O)CN1)c1cc(C(F)(F)F)cc(C(F)(F)F)c1. The lowest BCUT2D eigenvalue weighted by molar-refractivity contribution is -0.143. The predicted octanol–water partition coefficient (Wildman–Crippen LogP) is 5.00. The smallest absolute Gasteiger partial charge is 0.372 e. The number of hydrogen-bond donors (Lipinski definition) is 2. The second kappa shape index (κ2) is 10.1. The minimum atomic E-state index is -4.95. The number of sulfonamides is 1. The molecule has 1 heterocycles. The average Bonchev–Trinajstić information content (AvgIpc) is 2.77. The van der Waals surface area contributed by atoms with E-state index >= 15 is 0 Å². The number of piperidine rings is 1. The molecule has 2 aromatic carbocycles. The van der Waals surface area contributed by atoms with Gasteiger partial charge in [-0.05, 0) is 49.1 Å². The number of halogens is 6. The minimum Gasteiger partial charge on any atom is -0.372 e. The molecule has 12 heteroatoms. The van der Waals surface area contributed by atoms with Gasteiger partial charge in [-0.1, -0.05) is 30.3 Å². The van der Waals surface area contributed by atoms with Crippen LogP contribution in [0.1, 0.15) is 48.1 Å². The van der Waals surface area contributed by atoms with Crippen molar-refractivity contribution in [1.82, 2.24) is 10.0 Å². The third-order valence-electron chi connectivity index (χ3n) is 5.97. The Kier molecular flexibility index (Phi) is 7.90. The lowest BCUT2D eigenvalue weighted by Gasteiger charge is -2.42. The topological polar surface area (TPSA) is 67.4 Å². The molecule has 0 aromatic heterocycles. The summed E-state index contributed by atoms with van der Waals surface area (Å²) in [5, 5.41) is 3.29. The summed E-state index contributed by atoms with van der Waals surface area (Å²) in [5.74, 6) is 0. The van der Waals surface area contributed by atoms with Crippen molar-refractivity contribution in [3.63, 3.8) is 0 Å². The lowest BCUT2D eigenvalue weighted by atomic mass is 9.81. The molecule has 2 N–H and O–H groups in total. The minimum absolute atomic E-state index is 0.0542. The van der Waals surface area contributed by atoms with Gasteiger partial charge < -0.3 is 10.1 Å². The van der Waals surface area contributed by atoms with E-state index in [9.17, 15) is 34.8 Å². The molecule has 3 rings (SSSR count). The fraction of sp³-hybridized carbons (Fsp3) is 0.478. The Balaban J connectivity index is 1.85. The largest absolute Gasteiger partial charge is 0.416 e. The summed E-state index contributed by atoms with van der Waals surface area (Å²) in [6.45, 7) is 1.61. The second-order valence-corrected chi connectivity index (χ2v) is 10.5. The molecule has 0 radical (unpaired) electrons. The van der Waals surface area contributed by atoms with Crippen LogP contribution in [-0.2, 0) is 32.7 Å². The summed E-state index contributed by atoms with van der Waals surface area (Å²) in [4.78, 5) is 0. The molecule has 0 saturated carbocycles. The molecule has 0 unspecified atom stereocenters.